The van der Waals surface area contributed by atoms with Crippen molar-refractivity contribution in [1.29, 1.82) is 0 Å². The molecule has 0 aromatic carbocycles. The van der Waals surface area contributed by atoms with Gasteiger partial charge in [-0.25, -0.2) is 33.7 Å². The molecule has 0 radical (unpaired) electrons. The van der Waals surface area contributed by atoms with Crippen molar-refractivity contribution in [1.82, 2.24) is 30.8 Å². The monoisotopic (exact) mass is 923 g/mol. The summed E-state index contributed by atoms with van der Waals surface area (Å²) in [7, 11) is 0. The van der Waals surface area contributed by atoms with Gasteiger partial charge < -0.3 is 39.8 Å². The maximum atomic E-state index is 14.3. The Bertz CT molecular complexity index is 1460. The Hall–Kier alpha value is -4.71. The molecule has 18 heteroatoms. The minimum atomic E-state index is -0.879. The van der Waals surface area contributed by atoms with Gasteiger partial charge in [-0.3, -0.25) is 9.63 Å². The van der Waals surface area contributed by atoms with Crippen molar-refractivity contribution in [3.8, 4) is 0 Å². The molecule has 0 unspecified atom stereocenters. The minimum absolute atomic E-state index is 0.0297. The predicted octanol–water partition coefficient (Wildman–Crippen LogP) is 7.95. The van der Waals surface area contributed by atoms with E-state index in [1.54, 1.807) is 0 Å². The second kappa shape index (κ2) is 33.7. The number of ether oxygens (including phenoxy) is 4. The molecule has 0 aliphatic carbocycles. The van der Waals surface area contributed by atoms with E-state index in [0.717, 1.165) is 62.0 Å². The van der Waals surface area contributed by atoms with Gasteiger partial charge in [0, 0.05) is 49.3 Å². The van der Waals surface area contributed by atoms with Crippen molar-refractivity contribution in [2.75, 3.05) is 65.9 Å². The molecule has 0 spiro atoms. The number of Topliss-reactive ketones (excluding diaryl/α,β-unsaturated/α-hetero) is 1. The van der Waals surface area contributed by atoms with Crippen LogP contribution in [0.15, 0.2) is 25.3 Å². The first kappa shape index (κ1) is 58.3. The highest BCUT2D eigenvalue weighted by molar-refractivity contribution is 5.95. The molecule has 0 aromatic rings. The van der Waals surface area contributed by atoms with Crippen LogP contribution in [0.2, 0.25) is 0 Å². The second-order valence-electron chi connectivity index (χ2n) is 17.6. The molecule has 1 saturated heterocycles. The van der Waals surface area contributed by atoms with Gasteiger partial charge in [0.25, 0.3) is 0 Å². The predicted molar refractivity (Wildman–Crippen MR) is 248 cm³/mol. The molecular formula is C47H82N6O12. The normalized spacial score (nSPS) is 14.3. The van der Waals surface area contributed by atoms with Crippen LogP contribution in [-0.2, 0) is 38.2 Å². The smallest absolute Gasteiger partial charge is 0.408 e. The van der Waals surface area contributed by atoms with Gasteiger partial charge in [0.1, 0.15) is 26.4 Å². The van der Waals surface area contributed by atoms with Crippen LogP contribution in [0.5, 0.6) is 0 Å². The number of carbonyl (C=O) groups is 7. The number of esters is 2. The number of amides is 6. The van der Waals surface area contributed by atoms with Crippen molar-refractivity contribution in [2.45, 2.75) is 162 Å². The number of rotatable bonds is 34. The molecule has 0 saturated carbocycles. The van der Waals surface area contributed by atoms with Crippen LogP contribution >= 0.6 is 0 Å². The minimum Gasteiger partial charge on any atom is -0.459 e. The fourth-order valence-electron chi connectivity index (χ4n) is 8.03. The van der Waals surface area contributed by atoms with Gasteiger partial charge in [-0.1, -0.05) is 91.2 Å². The van der Waals surface area contributed by atoms with Crippen LogP contribution < -0.4 is 16.0 Å². The standard InChI is InChI=1S/C47H82N6O12/c1-9-13-15-17-20-24-28-65-53-46(5,6)34-38(35-47(53,7)8)33-39(54)36-51(26-22-16-14-10-2)45(60)52(42(57)49-37-50-44(59)64-32-30-62-41(56)12-4)27-23-19-18-21-25-48-43(58)63-31-29-61-40(55)11-3/h11-12,38H,3-4,9-10,13-37H2,1-2,5-8H3,(H,48,58)(H,49,57)(H,50,59). The quantitative estimate of drug-likeness (QED) is 0.0184. The lowest BCUT2D eigenvalue weighted by atomic mass is 9.73. The zero-order valence-corrected chi connectivity index (χ0v) is 40.5. The van der Waals surface area contributed by atoms with Crippen LogP contribution in [-0.4, -0.2) is 134 Å². The maximum Gasteiger partial charge on any atom is 0.408 e. The van der Waals surface area contributed by atoms with Crippen molar-refractivity contribution >= 4 is 42.0 Å². The topological polar surface area (TPSA) is 211 Å². The number of alkyl carbamates (subject to hydrolysis) is 2. The van der Waals surface area contributed by atoms with Gasteiger partial charge in [0.2, 0.25) is 0 Å². The van der Waals surface area contributed by atoms with Crippen LogP contribution in [0.4, 0.5) is 19.2 Å². The lowest BCUT2D eigenvalue weighted by molar-refractivity contribution is -0.288. The van der Waals surface area contributed by atoms with E-state index < -0.39 is 36.2 Å². The Morgan fingerprint density at radius 2 is 1.11 bits per heavy atom. The van der Waals surface area contributed by atoms with Gasteiger partial charge in [0.05, 0.1) is 19.8 Å². The Kier molecular flexibility index (Phi) is 30.3. The number of hydrogen-bond acceptors (Lipinski definition) is 13. The van der Waals surface area contributed by atoms with Crippen LogP contribution in [0.1, 0.15) is 151 Å². The number of hydroxylamine groups is 2. The van der Waals surface area contributed by atoms with Crippen LogP contribution in [0.3, 0.4) is 0 Å². The summed E-state index contributed by atoms with van der Waals surface area (Å²) >= 11 is 0. The van der Waals surface area contributed by atoms with E-state index in [4.69, 9.17) is 23.8 Å². The van der Waals surface area contributed by atoms with E-state index in [0.29, 0.717) is 45.3 Å². The first-order valence-corrected chi connectivity index (χ1v) is 23.7. The number of urea groups is 2. The zero-order chi connectivity index (χ0) is 48.5. The summed E-state index contributed by atoms with van der Waals surface area (Å²) < 4.78 is 19.5. The molecule has 0 atom stereocenters. The molecular weight excluding hydrogens is 841 g/mol. The van der Waals surface area contributed by atoms with Crippen molar-refractivity contribution in [2.24, 2.45) is 5.92 Å². The molecule has 0 aromatic heterocycles. The van der Waals surface area contributed by atoms with Gasteiger partial charge >= 0.3 is 36.2 Å². The number of ketones is 1. The number of unbranched alkanes of at least 4 members (excludes halogenated alkanes) is 11. The van der Waals surface area contributed by atoms with E-state index in [1.807, 2.05) is 0 Å². The summed E-state index contributed by atoms with van der Waals surface area (Å²) in [6.07, 6.45) is 15.0. The fourth-order valence-corrected chi connectivity index (χ4v) is 8.03. The lowest BCUT2D eigenvalue weighted by Gasteiger charge is -2.54. The Morgan fingerprint density at radius 3 is 1.69 bits per heavy atom. The van der Waals surface area contributed by atoms with Gasteiger partial charge in [-0.05, 0) is 72.1 Å². The van der Waals surface area contributed by atoms with Gasteiger partial charge in [-0.15, -0.1) is 0 Å². The number of nitrogens with one attached hydrogen (secondary N) is 3. The third-order valence-electron chi connectivity index (χ3n) is 10.8. The number of nitrogens with zero attached hydrogens (tertiary/aromatic N) is 3. The van der Waals surface area contributed by atoms with Crippen LogP contribution in [0.25, 0.3) is 0 Å². The highest BCUT2D eigenvalue weighted by atomic mass is 16.7. The molecule has 372 valence electrons. The first-order chi connectivity index (χ1) is 31.0. The number of piperidine rings is 1. The molecule has 1 rings (SSSR count). The summed E-state index contributed by atoms with van der Waals surface area (Å²) in [5, 5.41) is 9.69. The van der Waals surface area contributed by atoms with Crippen molar-refractivity contribution < 1.29 is 57.3 Å². The maximum absolute atomic E-state index is 14.3. The van der Waals surface area contributed by atoms with E-state index in [2.05, 4.69) is 75.7 Å². The van der Waals surface area contributed by atoms with E-state index in [1.165, 1.54) is 30.6 Å². The third kappa shape index (κ3) is 26.1. The first-order valence-electron chi connectivity index (χ1n) is 23.7. The Morgan fingerprint density at radius 1 is 0.615 bits per heavy atom. The largest absolute Gasteiger partial charge is 0.459 e. The molecule has 1 aliphatic heterocycles. The third-order valence-corrected chi connectivity index (χ3v) is 10.8. The number of hydrogen-bond donors (Lipinski definition) is 3. The van der Waals surface area contributed by atoms with Crippen molar-refractivity contribution in [3.05, 3.63) is 25.3 Å². The molecule has 3 N–H and O–H groups in total. The average molecular weight is 923 g/mol. The SMILES string of the molecule is C=CC(=O)OCCOC(=O)NCCCCCCN(C(=O)NCNC(=O)OCCOC(=O)C=C)C(=O)N(CCCCCC)CC(=O)CC1CC(C)(C)N(OCCCCCCCC)C(C)(C)C1. The average Bonchev–Trinajstić information content (AvgIpc) is 3.25. The summed E-state index contributed by atoms with van der Waals surface area (Å²) in [4.78, 5) is 97.4. The highest BCUT2D eigenvalue weighted by Crippen LogP contribution is 2.43. The molecule has 6 amide bonds. The molecule has 1 fully saturated rings. The van der Waals surface area contributed by atoms with Crippen LogP contribution in [0, 0.1) is 5.92 Å². The van der Waals surface area contributed by atoms with Crippen molar-refractivity contribution in [3.63, 3.8) is 0 Å². The summed E-state index contributed by atoms with van der Waals surface area (Å²) in [5.41, 5.74) is -0.637. The molecule has 1 heterocycles. The zero-order valence-electron chi connectivity index (χ0n) is 40.5. The highest BCUT2D eigenvalue weighted by Gasteiger charge is 2.47. The summed E-state index contributed by atoms with van der Waals surface area (Å²) in [6, 6.07) is -1.37. The number of imide groups is 1. The van der Waals surface area contributed by atoms with E-state index in [-0.39, 0.29) is 81.9 Å². The van der Waals surface area contributed by atoms with E-state index in [9.17, 15) is 33.6 Å². The molecule has 0 bridgehead atoms. The Labute approximate surface area is 388 Å². The molecule has 65 heavy (non-hydrogen) atoms. The van der Waals surface area contributed by atoms with Gasteiger partial charge in [-0.2, -0.15) is 5.06 Å². The van der Waals surface area contributed by atoms with Gasteiger partial charge in [0.15, 0.2) is 5.78 Å². The molecule has 18 nitrogen and oxygen atoms in total. The van der Waals surface area contributed by atoms with E-state index >= 15 is 0 Å². The second-order valence-corrected chi connectivity index (χ2v) is 17.6. The summed E-state index contributed by atoms with van der Waals surface area (Å²) in [5.74, 6) is -1.29. The summed E-state index contributed by atoms with van der Waals surface area (Å²) in [6.45, 7) is 19.7. The fraction of sp³-hybridized carbons (Fsp3) is 0.766. The number of carbonyl (C=O) groups excluding carboxylic acids is 7. The Balaban J connectivity index is 2.99. The lowest BCUT2D eigenvalue weighted by Crippen LogP contribution is -2.60. The molecule has 1 aliphatic rings.